The van der Waals surface area contributed by atoms with Crippen molar-refractivity contribution in [2.75, 3.05) is 6.54 Å². The molecule has 0 aromatic rings. The second kappa shape index (κ2) is 6.13. The van der Waals surface area contributed by atoms with E-state index in [0.29, 0.717) is 10.7 Å². The van der Waals surface area contributed by atoms with E-state index in [2.05, 4.69) is 33.5 Å². The molecule has 4 aliphatic rings. The Kier molecular flexibility index (Phi) is 4.62. The summed E-state index contributed by atoms with van der Waals surface area (Å²) in [6, 6.07) is 0.750. The molecule has 9 unspecified atom stereocenters. The van der Waals surface area contributed by atoms with Crippen molar-refractivity contribution < 1.29 is 0 Å². The Morgan fingerprint density at radius 2 is 1.79 bits per heavy atom. The molecule has 2 aliphatic heterocycles. The number of hydrogen-bond acceptors (Lipinski definition) is 3. The van der Waals surface area contributed by atoms with E-state index in [1.807, 2.05) is 0 Å². The second-order valence-electron chi connectivity index (χ2n) is 10.6. The highest BCUT2D eigenvalue weighted by Crippen LogP contribution is 2.61. The average molecular weight is 365 g/mol. The number of hydrogen-bond donors (Lipinski definition) is 2. The van der Waals surface area contributed by atoms with Crippen molar-refractivity contribution in [2.45, 2.75) is 87.2 Å². The van der Waals surface area contributed by atoms with Crippen molar-refractivity contribution in [1.82, 2.24) is 4.90 Å². The van der Waals surface area contributed by atoms with Crippen molar-refractivity contribution >= 4 is 33.1 Å². The molecule has 2 heterocycles. The highest BCUT2D eigenvalue weighted by molar-refractivity contribution is 7.81. The van der Waals surface area contributed by atoms with Gasteiger partial charge in [0.1, 0.15) is 7.85 Å². The van der Waals surface area contributed by atoms with E-state index in [1.165, 1.54) is 51.5 Å². The summed E-state index contributed by atoms with van der Waals surface area (Å²) in [5.74, 6) is 4.34. The van der Waals surface area contributed by atoms with E-state index >= 15 is 0 Å². The van der Waals surface area contributed by atoms with Crippen molar-refractivity contribution in [1.29, 1.82) is 0 Å². The first-order chi connectivity index (χ1) is 11.2. The number of nitrogens with zero attached hydrogens (tertiary/aromatic N) is 1. The normalized spacial score (nSPS) is 58.5. The Morgan fingerprint density at radius 3 is 2.50 bits per heavy atom. The Morgan fingerprint density at radius 1 is 1.04 bits per heavy atom. The first-order valence-electron chi connectivity index (χ1n) is 10.4. The third-order valence-corrected chi connectivity index (χ3v) is 9.64. The molecule has 0 radical (unpaired) electrons. The van der Waals surface area contributed by atoms with Gasteiger partial charge in [-0.1, -0.05) is 32.5 Å². The van der Waals surface area contributed by atoms with Crippen LogP contribution in [0.3, 0.4) is 0 Å². The number of thiol groups is 2. The SMILES string of the molecule is BC1(C)CC2CC(S)N3CC4CCC(C)(S)C4CCC3C(C)CC21. The van der Waals surface area contributed by atoms with E-state index in [-0.39, 0.29) is 4.75 Å². The van der Waals surface area contributed by atoms with Crippen molar-refractivity contribution in [3.8, 4) is 0 Å². The molecule has 0 N–H and O–H groups in total. The van der Waals surface area contributed by atoms with Crippen LogP contribution in [0.25, 0.3) is 0 Å². The lowest BCUT2D eigenvalue weighted by atomic mass is 9.43. The van der Waals surface area contributed by atoms with E-state index in [0.717, 1.165) is 35.6 Å². The predicted octanol–water partition coefficient (Wildman–Crippen LogP) is 4.30. The minimum atomic E-state index is 0.266. The third kappa shape index (κ3) is 2.91. The van der Waals surface area contributed by atoms with Crippen LogP contribution in [0, 0.1) is 29.6 Å². The fourth-order valence-corrected chi connectivity index (χ4v) is 8.19. The largest absolute Gasteiger partial charge is 0.288 e. The molecular weight excluding hydrogens is 329 g/mol. The van der Waals surface area contributed by atoms with Crippen molar-refractivity contribution in [3.63, 3.8) is 0 Å². The standard InChI is InChI=1S/C20H36BNS2/c1-12-8-16-14(10-19(16,2)21)9-18(23)22-11-13-6-7-20(3,24)15(13)4-5-17(12)22/h12-18,23-24H,4-11,21H2,1-3H3. The number of fused-ring (bicyclic) bond motifs is 3. The maximum Gasteiger partial charge on any atom is 0.109 e. The van der Waals surface area contributed by atoms with Crippen LogP contribution in [0.15, 0.2) is 0 Å². The minimum Gasteiger partial charge on any atom is -0.288 e. The highest BCUT2D eigenvalue weighted by Gasteiger charge is 2.52. The van der Waals surface area contributed by atoms with Gasteiger partial charge in [0, 0.05) is 17.3 Å². The molecule has 136 valence electrons. The minimum absolute atomic E-state index is 0.266. The zero-order valence-electron chi connectivity index (χ0n) is 16.0. The lowest BCUT2D eigenvalue weighted by molar-refractivity contribution is -0.000845. The molecule has 4 fully saturated rings. The summed E-state index contributed by atoms with van der Waals surface area (Å²) < 4.78 is 0.266. The van der Waals surface area contributed by atoms with E-state index in [4.69, 9.17) is 25.3 Å². The van der Waals surface area contributed by atoms with E-state index in [9.17, 15) is 0 Å². The maximum atomic E-state index is 5.16. The molecule has 0 amide bonds. The van der Waals surface area contributed by atoms with Gasteiger partial charge in [0.15, 0.2) is 0 Å². The quantitative estimate of drug-likeness (QED) is 0.478. The molecule has 0 aromatic heterocycles. The molecule has 2 aliphatic carbocycles. The monoisotopic (exact) mass is 365 g/mol. The lowest BCUT2D eigenvalue weighted by Gasteiger charge is -2.57. The Balaban J connectivity index is 1.57. The smallest absolute Gasteiger partial charge is 0.109 e. The Bertz CT molecular complexity index is 494. The van der Waals surface area contributed by atoms with Crippen LogP contribution in [0.4, 0.5) is 0 Å². The van der Waals surface area contributed by atoms with Crippen LogP contribution in [-0.4, -0.2) is 35.5 Å². The van der Waals surface area contributed by atoms with Gasteiger partial charge in [0.25, 0.3) is 0 Å². The van der Waals surface area contributed by atoms with Gasteiger partial charge in [0.2, 0.25) is 0 Å². The summed E-state index contributed by atoms with van der Waals surface area (Å²) in [6.07, 6.45) is 9.60. The second-order valence-corrected chi connectivity index (χ2v) is 12.2. The fraction of sp³-hybridized carbons (Fsp3) is 1.00. The molecule has 0 bridgehead atoms. The summed E-state index contributed by atoms with van der Waals surface area (Å²) in [4.78, 5) is 2.84. The summed E-state index contributed by atoms with van der Waals surface area (Å²) >= 11 is 10.2. The van der Waals surface area contributed by atoms with Crippen molar-refractivity contribution in [3.05, 3.63) is 0 Å². The fourth-order valence-electron chi connectivity index (χ4n) is 7.18. The van der Waals surface area contributed by atoms with Gasteiger partial charge in [-0.25, -0.2) is 0 Å². The molecule has 0 spiro atoms. The lowest BCUT2D eigenvalue weighted by Crippen LogP contribution is -2.53. The zero-order valence-corrected chi connectivity index (χ0v) is 17.8. The van der Waals surface area contributed by atoms with Crippen LogP contribution < -0.4 is 0 Å². The Hall–Kier alpha value is 0.725. The molecule has 4 heteroatoms. The van der Waals surface area contributed by atoms with Gasteiger partial charge in [-0.3, -0.25) is 4.90 Å². The van der Waals surface area contributed by atoms with Gasteiger partial charge in [-0.15, -0.1) is 0 Å². The summed E-state index contributed by atoms with van der Waals surface area (Å²) in [7, 11) is 2.50. The number of rotatable bonds is 0. The first kappa shape index (κ1) is 18.1. The molecular formula is C20H36BNS2. The van der Waals surface area contributed by atoms with Gasteiger partial charge in [0.05, 0.1) is 5.37 Å². The van der Waals surface area contributed by atoms with Gasteiger partial charge in [-0.05, 0) is 68.1 Å². The predicted molar refractivity (Wildman–Crippen MR) is 113 cm³/mol. The van der Waals surface area contributed by atoms with Gasteiger partial charge < -0.3 is 0 Å². The molecule has 0 aromatic carbocycles. The molecule has 24 heavy (non-hydrogen) atoms. The third-order valence-electron chi connectivity index (χ3n) is 8.57. The molecule has 9 atom stereocenters. The van der Waals surface area contributed by atoms with Gasteiger partial charge >= 0.3 is 0 Å². The Labute approximate surface area is 161 Å². The van der Waals surface area contributed by atoms with Crippen LogP contribution in [0.1, 0.15) is 65.7 Å². The van der Waals surface area contributed by atoms with E-state index < -0.39 is 0 Å². The average Bonchev–Trinajstić information content (AvgIpc) is 2.68. The van der Waals surface area contributed by atoms with Gasteiger partial charge in [-0.2, -0.15) is 25.3 Å². The topological polar surface area (TPSA) is 3.24 Å². The summed E-state index contributed by atoms with van der Waals surface area (Å²) in [6.45, 7) is 8.71. The van der Waals surface area contributed by atoms with Crippen molar-refractivity contribution in [2.24, 2.45) is 29.6 Å². The summed E-state index contributed by atoms with van der Waals surface area (Å²) in [5.41, 5.74) is 0. The summed E-state index contributed by atoms with van der Waals surface area (Å²) in [5, 5.41) is 1.05. The zero-order chi connectivity index (χ0) is 17.3. The molecule has 1 nitrogen and oxygen atoms in total. The maximum absolute atomic E-state index is 5.16. The molecule has 2 saturated heterocycles. The van der Waals surface area contributed by atoms with E-state index in [1.54, 1.807) is 0 Å². The molecule has 2 saturated carbocycles. The molecule has 4 rings (SSSR count). The van der Waals surface area contributed by atoms with Crippen LogP contribution in [0.5, 0.6) is 0 Å². The van der Waals surface area contributed by atoms with Crippen LogP contribution in [-0.2, 0) is 0 Å². The van der Waals surface area contributed by atoms with Crippen LogP contribution in [0.2, 0.25) is 5.31 Å². The van der Waals surface area contributed by atoms with Crippen LogP contribution >= 0.6 is 25.3 Å². The first-order valence-corrected chi connectivity index (χ1v) is 11.3. The highest BCUT2D eigenvalue weighted by atomic mass is 32.1.